The molecule has 0 amide bonds. The Hall–Kier alpha value is -2.20. The van der Waals surface area contributed by atoms with Crippen LogP contribution in [-0.2, 0) is 20.6 Å². The largest absolute Gasteiger partial charge is 0.363 e. The number of nitrogens with zero attached hydrogens (tertiary/aromatic N) is 3. The maximum atomic E-state index is 6.11. The lowest BCUT2D eigenvalue weighted by Gasteiger charge is -2.43. The molecule has 1 saturated heterocycles. The molecule has 0 saturated carbocycles. The van der Waals surface area contributed by atoms with Gasteiger partial charge in [-0.25, -0.2) is 9.67 Å². The number of hydrogen-bond donors (Lipinski definition) is 0. The molecule has 1 fully saturated rings. The van der Waals surface area contributed by atoms with Gasteiger partial charge in [0.2, 0.25) is 0 Å². The van der Waals surface area contributed by atoms with Crippen molar-refractivity contribution in [2.45, 2.75) is 25.5 Å². The van der Waals surface area contributed by atoms with E-state index in [1.165, 1.54) is 11.9 Å². The summed E-state index contributed by atoms with van der Waals surface area (Å²) in [6.07, 6.45) is 9.21. The van der Waals surface area contributed by atoms with Crippen LogP contribution >= 0.6 is 0 Å². The molecule has 0 radical (unpaired) electrons. The average molecular weight is 341 g/mol. The van der Waals surface area contributed by atoms with E-state index in [4.69, 9.17) is 20.6 Å². The van der Waals surface area contributed by atoms with E-state index in [9.17, 15) is 0 Å². The van der Waals surface area contributed by atoms with E-state index in [-0.39, 0.29) is 24.2 Å². The first-order valence-electron chi connectivity index (χ1n) is 8.31. The summed E-state index contributed by atoms with van der Waals surface area (Å²) in [4.78, 5) is 4.11. The van der Waals surface area contributed by atoms with Crippen LogP contribution in [0.3, 0.4) is 0 Å². The molecule has 1 aliphatic heterocycles. The maximum Gasteiger partial charge on any atom is 0.146 e. The second kappa shape index (κ2) is 8.26. The van der Waals surface area contributed by atoms with Gasteiger partial charge in [-0.1, -0.05) is 43.2 Å². The molecule has 132 valence electrons. The molecule has 1 aromatic heterocycles. The van der Waals surface area contributed by atoms with Crippen molar-refractivity contribution in [2.75, 3.05) is 26.6 Å². The average Bonchev–Trinajstić information content (AvgIpc) is 3.17. The van der Waals surface area contributed by atoms with E-state index < -0.39 is 0 Å². The maximum absolute atomic E-state index is 6.11. The Morgan fingerprint density at radius 2 is 2.08 bits per heavy atom. The number of ether oxygens (including phenoxy) is 3. The summed E-state index contributed by atoms with van der Waals surface area (Å²) in [5, 5.41) is 4.36. The second-order valence-corrected chi connectivity index (χ2v) is 6.54. The standard InChI is InChI=1S/C19H23N3O3/c1-3-9-25-18(19(2)11-23-15-24-12-19)17(22-14-20-13-21-22)10-16-7-5-4-6-8-16/h1,4-8,13-14,17-18H,9-12,15H2,2H3. The van der Waals surface area contributed by atoms with Gasteiger partial charge in [0.1, 0.15) is 26.1 Å². The van der Waals surface area contributed by atoms with Crippen LogP contribution in [0.1, 0.15) is 18.5 Å². The van der Waals surface area contributed by atoms with E-state index in [1.807, 2.05) is 22.9 Å². The van der Waals surface area contributed by atoms with E-state index in [0.717, 1.165) is 6.42 Å². The molecule has 2 aromatic rings. The van der Waals surface area contributed by atoms with Crippen molar-refractivity contribution < 1.29 is 14.2 Å². The highest BCUT2D eigenvalue weighted by molar-refractivity contribution is 5.16. The molecule has 3 rings (SSSR count). The van der Waals surface area contributed by atoms with Gasteiger partial charge in [-0.3, -0.25) is 0 Å². The van der Waals surface area contributed by atoms with Crippen molar-refractivity contribution >= 4 is 0 Å². The lowest BCUT2D eigenvalue weighted by molar-refractivity contribution is -0.204. The molecule has 6 nitrogen and oxygen atoms in total. The zero-order chi connectivity index (χ0) is 17.5. The van der Waals surface area contributed by atoms with Gasteiger partial charge in [-0.2, -0.15) is 5.10 Å². The van der Waals surface area contributed by atoms with Gasteiger partial charge in [-0.15, -0.1) is 6.42 Å². The monoisotopic (exact) mass is 341 g/mol. The summed E-state index contributed by atoms with van der Waals surface area (Å²) in [6.45, 7) is 3.72. The van der Waals surface area contributed by atoms with Crippen molar-refractivity contribution in [1.82, 2.24) is 14.8 Å². The van der Waals surface area contributed by atoms with Gasteiger partial charge in [0.05, 0.1) is 25.4 Å². The summed E-state index contributed by atoms with van der Waals surface area (Å²) < 4.78 is 19.1. The minimum atomic E-state index is -0.333. The fourth-order valence-electron chi connectivity index (χ4n) is 3.31. The Balaban J connectivity index is 1.92. The summed E-state index contributed by atoms with van der Waals surface area (Å²) >= 11 is 0. The molecule has 1 aliphatic rings. The van der Waals surface area contributed by atoms with E-state index in [2.05, 4.69) is 35.1 Å². The third-order valence-electron chi connectivity index (χ3n) is 4.48. The highest BCUT2D eigenvalue weighted by Gasteiger charge is 2.43. The van der Waals surface area contributed by atoms with Gasteiger partial charge in [0.15, 0.2) is 0 Å². The van der Waals surface area contributed by atoms with Crippen LogP contribution < -0.4 is 0 Å². The van der Waals surface area contributed by atoms with Crippen LogP contribution in [0.2, 0.25) is 0 Å². The first kappa shape index (κ1) is 17.6. The van der Waals surface area contributed by atoms with Crippen LogP contribution in [0.4, 0.5) is 0 Å². The highest BCUT2D eigenvalue weighted by atomic mass is 16.7. The van der Waals surface area contributed by atoms with Crippen molar-refractivity contribution in [1.29, 1.82) is 0 Å². The molecular formula is C19H23N3O3. The minimum Gasteiger partial charge on any atom is -0.363 e. The second-order valence-electron chi connectivity index (χ2n) is 6.54. The van der Waals surface area contributed by atoms with E-state index in [0.29, 0.717) is 20.0 Å². The predicted octanol–water partition coefficient (Wildman–Crippen LogP) is 2.09. The lowest BCUT2D eigenvalue weighted by atomic mass is 9.79. The Morgan fingerprint density at radius 1 is 1.32 bits per heavy atom. The Morgan fingerprint density at radius 3 is 2.72 bits per heavy atom. The van der Waals surface area contributed by atoms with Crippen molar-refractivity contribution in [3.8, 4) is 12.3 Å². The third kappa shape index (κ3) is 4.26. The molecule has 0 N–H and O–H groups in total. The van der Waals surface area contributed by atoms with Crippen LogP contribution in [0.25, 0.3) is 0 Å². The van der Waals surface area contributed by atoms with Gasteiger partial charge < -0.3 is 14.2 Å². The normalized spacial score (nSPS) is 19.0. The third-order valence-corrected chi connectivity index (χ3v) is 4.48. The predicted molar refractivity (Wildman–Crippen MR) is 92.7 cm³/mol. The molecule has 1 aromatic carbocycles. The number of rotatable bonds is 7. The van der Waals surface area contributed by atoms with Crippen molar-refractivity contribution in [3.05, 3.63) is 48.5 Å². The molecule has 6 heteroatoms. The molecule has 25 heavy (non-hydrogen) atoms. The van der Waals surface area contributed by atoms with Crippen molar-refractivity contribution in [3.63, 3.8) is 0 Å². The van der Waals surface area contributed by atoms with Gasteiger partial charge >= 0.3 is 0 Å². The first-order chi connectivity index (χ1) is 12.2. The molecule has 2 heterocycles. The van der Waals surface area contributed by atoms with E-state index >= 15 is 0 Å². The molecule has 0 bridgehead atoms. The van der Waals surface area contributed by atoms with Gasteiger partial charge in [0.25, 0.3) is 0 Å². The summed E-state index contributed by atoms with van der Waals surface area (Å²) in [6, 6.07) is 10.2. The molecule has 0 aliphatic carbocycles. The zero-order valence-electron chi connectivity index (χ0n) is 14.4. The van der Waals surface area contributed by atoms with Crippen LogP contribution in [-0.4, -0.2) is 47.5 Å². The highest BCUT2D eigenvalue weighted by Crippen LogP contribution is 2.36. The van der Waals surface area contributed by atoms with Crippen molar-refractivity contribution in [2.24, 2.45) is 5.41 Å². The smallest absolute Gasteiger partial charge is 0.146 e. The minimum absolute atomic E-state index is 0.0754. The van der Waals surface area contributed by atoms with Crippen LogP contribution in [0.5, 0.6) is 0 Å². The quantitative estimate of drug-likeness (QED) is 0.722. The molecule has 0 spiro atoms. The fraction of sp³-hybridized carbons (Fsp3) is 0.474. The number of benzene rings is 1. The summed E-state index contributed by atoms with van der Waals surface area (Å²) in [7, 11) is 0. The van der Waals surface area contributed by atoms with Crippen LogP contribution in [0, 0.1) is 17.8 Å². The molecular weight excluding hydrogens is 318 g/mol. The Kier molecular flexibility index (Phi) is 5.82. The Labute approximate surface area is 148 Å². The SMILES string of the molecule is C#CCOC(C(Cc1ccccc1)n1cncn1)C1(C)COCOC1. The summed E-state index contributed by atoms with van der Waals surface area (Å²) in [5.41, 5.74) is 0.860. The zero-order valence-corrected chi connectivity index (χ0v) is 14.4. The number of terminal acetylenes is 1. The number of aromatic nitrogens is 3. The lowest BCUT2D eigenvalue weighted by Crippen LogP contribution is -2.50. The Bertz CT molecular complexity index is 676. The number of hydrogen-bond acceptors (Lipinski definition) is 5. The first-order valence-corrected chi connectivity index (χ1v) is 8.31. The van der Waals surface area contributed by atoms with Crippen LogP contribution in [0.15, 0.2) is 43.0 Å². The fourth-order valence-corrected chi connectivity index (χ4v) is 3.31. The van der Waals surface area contributed by atoms with Gasteiger partial charge in [-0.05, 0) is 12.0 Å². The topological polar surface area (TPSA) is 58.4 Å². The summed E-state index contributed by atoms with van der Waals surface area (Å²) in [5.74, 6) is 2.57. The molecule has 2 unspecified atom stereocenters. The van der Waals surface area contributed by atoms with Gasteiger partial charge in [0, 0.05) is 5.41 Å². The van der Waals surface area contributed by atoms with E-state index in [1.54, 1.807) is 6.33 Å². The molecule has 2 atom stereocenters.